The lowest BCUT2D eigenvalue weighted by atomic mass is 9.88. The Morgan fingerprint density at radius 3 is 2.05 bits per heavy atom. The summed E-state index contributed by atoms with van der Waals surface area (Å²) in [6.45, 7) is 10.9. The molecule has 0 atom stereocenters. The Bertz CT molecular complexity index is 352. The van der Waals surface area contributed by atoms with Crippen molar-refractivity contribution in [2.24, 2.45) is 0 Å². The number of carboxylic acid groups (broad SMARTS) is 1. The second kappa shape index (κ2) is 5.36. The number of carbonyl (C=O) groups excluding carboxylic acids is 1. The fraction of sp³-hybridized carbons (Fsp3) is 0.846. The number of nitrogens with zero attached hydrogens (tertiary/aromatic N) is 2. The van der Waals surface area contributed by atoms with Crippen LogP contribution in [0.2, 0.25) is 0 Å². The molecule has 19 heavy (non-hydrogen) atoms. The predicted molar refractivity (Wildman–Crippen MR) is 71.1 cm³/mol. The highest BCUT2D eigenvalue weighted by atomic mass is 16.6. The average Bonchev–Trinajstić information content (AvgIpc) is 2.18. The van der Waals surface area contributed by atoms with E-state index in [1.54, 1.807) is 20.8 Å². The summed E-state index contributed by atoms with van der Waals surface area (Å²) in [6, 6.07) is 0. The molecule has 1 saturated heterocycles. The fourth-order valence-corrected chi connectivity index (χ4v) is 2.34. The first kappa shape index (κ1) is 15.8. The van der Waals surface area contributed by atoms with E-state index in [0.29, 0.717) is 13.1 Å². The Kier molecular flexibility index (Phi) is 4.45. The van der Waals surface area contributed by atoms with E-state index in [1.807, 2.05) is 18.7 Å². The van der Waals surface area contributed by atoms with E-state index >= 15 is 0 Å². The predicted octanol–water partition coefficient (Wildman–Crippen LogP) is 1.40. The van der Waals surface area contributed by atoms with Gasteiger partial charge in [-0.25, -0.2) is 4.79 Å². The van der Waals surface area contributed by atoms with Crippen LogP contribution in [0, 0.1) is 0 Å². The van der Waals surface area contributed by atoms with Gasteiger partial charge in [-0.05, 0) is 33.9 Å². The number of likely N-dealkylation sites (tertiary alicyclic amines) is 1. The van der Waals surface area contributed by atoms with Crippen molar-refractivity contribution in [2.45, 2.75) is 45.8 Å². The number of carbonyl (C=O) groups is 2. The molecule has 1 aliphatic rings. The molecule has 110 valence electrons. The quantitative estimate of drug-likeness (QED) is 0.837. The SMILES string of the molecule is CCN(CC)C1(C(=O)O)CN(C(=O)OC(C)(C)C)C1. The van der Waals surface area contributed by atoms with Crippen LogP contribution < -0.4 is 0 Å². The Labute approximate surface area is 114 Å². The van der Waals surface area contributed by atoms with E-state index in [0.717, 1.165) is 0 Å². The van der Waals surface area contributed by atoms with Gasteiger partial charge in [-0.1, -0.05) is 13.8 Å². The molecule has 1 heterocycles. The highest BCUT2D eigenvalue weighted by molar-refractivity contribution is 5.84. The maximum Gasteiger partial charge on any atom is 0.410 e. The van der Waals surface area contributed by atoms with Gasteiger partial charge in [-0.2, -0.15) is 0 Å². The van der Waals surface area contributed by atoms with Gasteiger partial charge in [0.2, 0.25) is 0 Å². The normalized spacial score (nSPS) is 18.1. The van der Waals surface area contributed by atoms with Gasteiger partial charge in [0.1, 0.15) is 5.60 Å². The van der Waals surface area contributed by atoms with Crippen molar-refractivity contribution in [3.63, 3.8) is 0 Å². The van der Waals surface area contributed by atoms with Crippen LogP contribution in [0.5, 0.6) is 0 Å². The van der Waals surface area contributed by atoms with Gasteiger partial charge >= 0.3 is 12.1 Å². The third-order valence-electron chi connectivity index (χ3n) is 3.32. The molecule has 0 unspecified atom stereocenters. The minimum absolute atomic E-state index is 0.179. The van der Waals surface area contributed by atoms with Crippen LogP contribution in [0.3, 0.4) is 0 Å². The number of hydrogen-bond donors (Lipinski definition) is 1. The molecule has 0 aliphatic carbocycles. The van der Waals surface area contributed by atoms with Crippen LogP contribution in [0.1, 0.15) is 34.6 Å². The summed E-state index contributed by atoms with van der Waals surface area (Å²) in [4.78, 5) is 26.7. The van der Waals surface area contributed by atoms with Gasteiger partial charge < -0.3 is 14.7 Å². The summed E-state index contributed by atoms with van der Waals surface area (Å²) >= 11 is 0. The molecule has 1 N–H and O–H groups in total. The number of rotatable bonds is 4. The Morgan fingerprint density at radius 1 is 1.26 bits per heavy atom. The van der Waals surface area contributed by atoms with Crippen molar-refractivity contribution in [2.75, 3.05) is 26.2 Å². The lowest BCUT2D eigenvalue weighted by Gasteiger charge is -2.52. The van der Waals surface area contributed by atoms with Crippen molar-refractivity contribution in [3.05, 3.63) is 0 Å². The van der Waals surface area contributed by atoms with E-state index in [4.69, 9.17) is 4.74 Å². The summed E-state index contributed by atoms with van der Waals surface area (Å²) in [6.07, 6.45) is -0.448. The molecular weight excluding hydrogens is 248 g/mol. The summed E-state index contributed by atoms with van der Waals surface area (Å²) in [5.74, 6) is -0.879. The van der Waals surface area contributed by atoms with Gasteiger partial charge in [0, 0.05) is 0 Å². The zero-order valence-corrected chi connectivity index (χ0v) is 12.4. The number of ether oxygens (including phenoxy) is 1. The fourth-order valence-electron chi connectivity index (χ4n) is 2.34. The molecule has 0 spiro atoms. The number of aliphatic carboxylic acids is 1. The maximum absolute atomic E-state index is 11.8. The van der Waals surface area contributed by atoms with Crippen LogP contribution in [0.25, 0.3) is 0 Å². The highest BCUT2D eigenvalue weighted by Gasteiger charge is 2.55. The molecule has 6 heteroatoms. The molecule has 0 bridgehead atoms. The van der Waals surface area contributed by atoms with Crippen LogP contribution >= 0.6 is 0 Å². The van der Waals surface area contributed by atoms with Crippen molar-refractivity contribution >= 4 is 12.1 Å². The molecule has 1 aliphatic heterocycles. The summed E-state index contributed by atoms with van der Waals surface area (Å²) in [5.41, 5.74) is -1.52. The Balaban J connectivity index is 2.70. The first-order valence-corrected chi connectivity index (χ1v) is 6.62. The number of likely N-dealkylation sites (N-methyl/N-ethyl adjacent to an activating group) is 1. The average molecular weight is 272 g/mol. The van der Waals surface area contributed by atoms with Gasteiger partial charge in [-0.15, -0.1) is 0 Å². The van der Waals surface area contributed by atoms with Crippen molar-refractivity contribution in [3.8, 4) is 0 Å². The van der Waals surface area contributed by atoms with Crippen molar-refractivity contribution < 1.29 is 19.4 Å². The third kappa shape index (κ3) is 3.18. The molecule has 0 saturated carbocycles. The van der Waals surface area contributed by atoms with Crippen molar-refractivity contribution in [1.29, 1.82) is 0 Å². The molecule has 0 radical (unpaired) electrons. The standard InChI is InChI=1S/C13H24N2O4/c1-6-15(7-2)13(10(16)17)8-14(9-13)11(18)19-12(3,4)5/h6-9H2,1-5H3,(H,16,17). The number of amides is 1. The van der Waals surface area contributed by atoms with E-state index in [1.165, 1.54) is 4.90 Å². The minimum Gasteiger partial charge on any atom is -0.480 e. The second-order valence-corrected chi connectivity index (χ2v) is 5.85. The smallest absolute Gasteiger partial charge is 0.410 e. The number of hydrogen-bond acceptors (Lipinski definition) is 4. The van der Waals surface area contributed by atoms with E-state index in [9.17, 15) is 14.7 Å². The largest absolute Gasteiger partial charge is 0.480 e. The minimum atomic E-state index is -0.958. The summed E-state index contributed by atoms with van der Waals surface area (Å²) < 4.78 is 5.24. The van der Waals surface area contributed by atoms with Crippen LogP contribution in [-0.2, 0) is 9.53 Å². The van der Waals surface area contributed by atoms with E-state index in [2.05, 4.69) is 0 Å². The lowest BCUT2D eigenvalue weighted by molar-refractivity contribution is -0.163. The van der Waals surface area contributed by atoms with Crippen LogP contribution in [-0.4, -0.2) is 64.3 Å². The van der Waals surface area contributed by atoms with Crippen LogP contribution in [0.4, 0.5) is 4.79 Å². The van der Waals surface area contributed by atoms with Gasteiger partial charge in [0.05, 0.1) is 13.1 Å². The molecule has 0 aromatic heterocycles. The van der Waals surface area contributed by atoms with Crippen molar-refractivity contribution in [1.82, 2.24) is 9.80 Å². The topological polar surface area (TPSA) is 70.1 Å². The van der Waals surface area contributed by atoms with Crippen LogP contribution in [0.15, 0.2) is 0 Å². The number of carboxylic acids is 1. The lowest BCUT2D eigenvalue weighted by Crippen LogP contribution is -2.75. The van der Waals surface area contributed by atoms with E-state index < -0.39 is 23.2 Å². The Morgan fingerprint density at radius 2 is 1.74 bits per heavy atom. The summed E-state index contributed by atoms with van der Waals surface area (Å²) in [5, 5.41) is 9.43. The molecule has 6 nitrogen and oxygen atoms in total. The zero-order valence-electron chi connectivity index (χ0n) is 12.4. The molecule has 1 amide bonds. The molecule has 1 fully saturated rings. The first-order chi connectivity index (χ1) is 8.66. The first-order valence-electron chi connectivity index (χ1n) is 6.62. The molecular formula is C13H24N2O4. The molecule has 0 aromatic rings. The van der Waals surface area contributed by atoms with Gasteiger partial charge in [-0.3, -0.25) is 9.69 Å². The maximum atomic E-state index is 11.8. The van der Waals surface area contributed by atoms with Gasteiger partial charge in [0.15, 0.2) is 5.54 Å². The molecule has 1 rings (SSSR count). The monoisotopic (exact) mass is 272 g/mol. The second-order valence-electron chi connectivity index (χ2n) is 5.85. The van der Waals surface area contributed by atoms with Gasteiger partial charge in [0.25, 0.3) is 0 Å². The zero-order chi connectivity index (χ0) is 14.8. The third-order valence-corrected chi connectivity index (χ3v) is 3.32. The van der Waals surface area contributed by atoms with E-state index in [-0.39, 0.29) is 13.1 Å². The molecule has 0 aromatic carbocycles. The Hall–Kier alpha value is -1.30. The highest BCUT2D eigenvalue weighted by Crippen LogP contribution is 2.29. The summed E-state index contributed by atoms with van der Waals surface area (Å²) in [7, 11) is 0.